The highest BCUT2D eigenvalue weighted by Crippen LogP contribution is 2.33. The Bertz CT molecular complexity index is 532. The van der Waals surface area contributed by atoms with Gasteiger partial charge in [0, 0.05) is 0 Å². The molecule has 0 aromatic heterocycles. The van der Waals surface area contributed by atoms with Crippen molar-refractivity contribution in [2.75, 3.05) is 5.48 Å². The molecule has 1 aliphatic rings. The number of benzene rings is 2. The molecule has 1 aliphatic carbocycles. The van der Waals surface area contributed by atoms with Crippen LogP contribution in [0.15, 0.2) is 54.6 Å². The van der Waals surface area contributed by atoms with Gasteiger partial charge in [0.2, 0.25) is 0 Å². The SMILES string of the molecule is c1ccc(NOc2cccc(C3CCCCC3)c2)cc1. The van der Waals surface area contributed by atoms with Gasteiger partial charge in [0.25, 0.3) is 0 Å². The zero-order chi connectivity index (χ0) is 13.6. The Kier molecular flexibility index (Phi) is 4.22. The number of anilines is 1. The van der Waals surface area contributed by atoms with Crippen molar-refractivity contribution in [3.05, 3.63) is 60.2 Å². The predicted molar refractivity (Wildman–Crippen MR) is 83.0 cm³/mol. The Morgan fingerprint density at radius 2 is 1.65 bits per heavy atom. The number of rotatable bonds is 4. The van der Waals surface area contributed by atoms with Gasteiger partial charge in [-0.1, -0.05) is 49.6 Å². The molecule has 0 bridgehead atoms. The molecular formula is C18H21NO. The third-order valence-corrected chi connectivity index (χ3v) is 4.00. The normalized spacial score (nSPS) is 15.8. The maximum absolute atomic E-state index is 5.67. The van der Waals surface area contributed by atoms with Crippen molar-refractivity contribution in [3.63, 3.8) is 0 Å². The summed E-state index contributed by atoms with van der Waals surface area (Å²) in [4.78, 5) is 5.67. The van der Waals surface area contributed by atoms with Gasteiger partial charge < -0.3 is 4.84 Å². The molecule has 2 nitrogen and oxygen atoms in total. The second-order valence-corrected chi connectivity index (χ2v) is 5.48. The average molecular weight is 267 g/mol. The molecule has 0 spiro atoms. The van der Waals surface area contributed by atoms with Crippen LogP contribution in [-0.2, 0) is 0 Å². The van der Waals surface area contributed by atoms with Crippen molar-refractivity contribution in [2.24, 2.45) is 0 Å². The fraction of sp³-hybridized carbons (Fsp3) is 0.333. The van der Waals surface area contributed by atoms with Crippen molar-refractivity contribution in [2.45, 2.75) is 38.0 Å². The predicted octanol–water partition coefficient (Wildman–Crippen LogP) is 5.14. The van der Waals surface area contributed by atoms with Crippen LogP contribution in [0, 0.1) is 0 Å². The van der Waals surface area contributed by atoms with Crippen molar-refractivity contribution >= 4 is 5.69 Å². The van der Waals surface area contributed by atoms with Gasteiger partial charge >= 0.3 is 0 Å². The van der Waals surface area contributed by atoms with Gasteiger partial charge in [-0.15, -0.1) is 0 Å². The average Bonchev–Trinajstić information content (AvgIpc) is 2.55. The highest BCUT2D eigenvalue weighted by molar-refractivity contribution is 5.41. The van der Waals surface area contributed by atoms with E-state index < -0.39 is 0 Å². The van der Waals surface area contributed by atoms with E-state index in [9.17, 15) is 0 Å². The standard InChI is InChI=1S/C18H21NO/c1-3-8-15(9-4-1)16-10-7-13-18(14-16)20-19-17-11-5-2-6-12-17/h2,5-7,10-15,19H,1,3-4,8-9H2. The third kappa shape index (κ3) is 3.32. The minimum atomic E-state index is 0.712. The van der Waals surface area contributed by atoms with Crippen LogP contribution in [0.25, 0.3) is 0 Å². The van der Waals surface area contributed by atoms with Gasteiger partial charge in [-0.2, -0.15) is 0 Å². The molecule has 1 fully saturated rings. The molecule has 0 saturated heterocycles. The summed E-state index contributed by atoms with van der Waals surface area (Å²) < 4.78 is 0. The molecule has 0 unspecified atom stereocenters. The van der Waals surface area contributed by atoms with E-state index in [2.05, 4.69) is 23.7 Å². The molecule has 0 radical (unpaired) electrons. The summed E-state index contributed by atoms with van der Waals surface area (Å²) in [5, 5.41) is 0. The number of para-hydroxylation sites is 1. The summed E-state index contributed by atoms with van der Waals surface area (Å²) in [5.41, 5.74) is 5.37. The smallest absolute Gasteiger partial charge is 0.155 e. The molecule has 0 atom stereocenters. The molecule has 20 heavy (non-hydrogen) atoms. The Labute approximate surface area is 120 Å². The van der Waals surface area contributed by atoms with Gasteiger partial charge in [-0.05, 0) is 48.6 Å². The fourth-order valence-electron chi connectivity index (χ4n) is 2.89. The van der Waals surface area contributed by atoms with Crippen LogP contribution in [0.3, 0.4) is 0 Å². The second-order valence-electron chi connectivity index (χ2n) is 5.48. The minimum absolute atomic E-state index is 0.712. The first-order chi connectivity index (χ1) is 9.92. The first kappa shape index (κ1) is 13.0. The molecule has 104 valence electrons. The zero-order valence-corrected chi connectivity index (χ0v) is 11.7. The van der Waals surface area contributed by atoms with E-state index in [1.165, 1.54) is 37.7 Å². The quantitative estimate of drug-likeness (QED) is 0.774. The summed E-state index contributed by atoms with van der Waals surface area (Å²) >= 11 is 0. The van der Waals surface area contributed by atoms with E-state index in [0.29, 0.717) is 5.92 Å². The van der Waals surface area contributed by atoms with Gasteiger partial charge in [-0.3, -0.25) is 0 Å². The van der Waals surface area contributed by atoms with Crippen molar-refractivity contribution in [1.29, 1.82) is 0 Å². The molecule has 0 heterocycles. The van der Waals surface area contributed by atoms with Crippen LogP contribution < -0.4 is 10.3 Å². The van der Waals surface area contributed by atoms with E-state index in [-0.39, 0.29) is 0 Å². The Hall–Kier alpha value is -1.96. The molecule has 0 aliphatic heterocycles. The molecule has 2 aromatic rings. The van der Waals surface area contributed by atoms with Gasteiger partial charge in [0.15, 0.2) is 5.75 Å². The largest absolute Gasteiger partial charge is 0.382 e. The highest BCUT2D eigenvalue weighted by Gasteiger charge is 2.15. The summed E-state index contributed by atoms with van der Waals surface area (Å²) in [6, 6.07) is 18.4. The Balaban J connectivity index is 1.65. The Morgan fingerprint density at radius 3 is 2.45 bits per heavy atom. The maximum Gasteiger partial charge on any atom is 0.155 e. The maximum atomic E-state index is 5.67. The van der Waals surface area contributed by atoms with Crippen LogP contribution in [-0.4, -0.2) is 0 Å². The highest BCUT2D eigenvalue weighted by atomic mass is 16.6. The third-order valence-electron chi connectivity index (χ3n) is 4.00. The van der Waals surface area contributed by atoms with Crippen LogP contribution in [0.4, 0.5) is 5.69 Å². The Morgan fingerprint density at radius 1 is 0.850 bits per heavy atom. The molecule has 2 heteroatoms. The number of hydrogen-bond donors (Lipinski definition) is 1. The second kappa shape index (κ2) is 6.47. The summed E-state index contributed by atoms with van der Waals surface area (Å²) in [6.45, 7) is 0. The first-order valence-corrected chi connectivity index (χ1v) is 7.50. The summed E-state index contributed by atoms with van der Waals surface area (Å²) in [6.07, 6.45) is 6.74. The fourth-order valence-corrected chi connectivity index (χ4v) is 2.89. The first-order valence-electron chi connectivity index (χ1n) is 7.50. The lowest BCUT2D eigenvalue weighted by Crippen LogP contribution is -2.07. The van der Waals surface area contributed by atoms with E-state index in [0.717, 1.165) is 11.4 Å². The molecule has 0 amide bonds. The van der Waals surface area contributed by atoms with Gasteiger partial charge in [0.1, 0.15) is 0 Å². The van der Waals surface area contributed by atoms with Crippen LogP contribution >= 0.6 is 0 Å². The zero-order valence-electron chi connectivity index (χ0n) is 11.7. The topological polar surface area (TPSA) is 21.3 Å². The van der Waals surface area contributed by atoms with Crippen molar-refractivity contribution in [3.8, 4) is 5.75 Å². The van der Waals surface area contributed by atoms with Crippen molar-refractivity contribution < 1.29 is 4.84 Å². The monoisotopic (exact) mass is 267 g/mol. The van der Waals surface area contributed by atoms with Gasteiger partial charge in [-0.25, -0.2) is 5.48 Å². The lowest BCUT2D eigenvalue weighted by atomic mass is 9.84. The lowest BCUT2D eigenvalue weighted by Gasteiger charge is -2.22. The van der Waals surface area contributed by atoms with Crippen LogP contribution in [0.5, 0.6) is 5.75 Å². The van der Waals surface area contributed by atoms with E-state index in [4.69, 9.17) is 4.84 Å². The molecule has 2 aromatic carbocycles. The van der Waals surface area contributed by atoms with E-state index in [1.54, 1.807) is 0 Å². The van der Waals surface area contributed by atoms with Gasteiger partial charge in [0.05, 0.1) is 5.69 Å². The number of nitrogens with one attached hydrogen (secondary N) is 1. The minimum Gasteiger partial charge on any atom is -0.382 e. The van der Waals surface area contributed by atoms with Crippen molar-refractivity contribution in [1.82, 2.24) is 0 Å². The van der Waals surface area contributed by atoms with Crippen LogP contribution in [0.1, 0.15) is 43.6 Å². The summed E-state index contributed by atoms with van der Waals surface area (Å²) in [7, 11) is 0. The molecular weight excluding hydrogens is 246 g/mol. The molecule has 1 N–H and O–H groups in total. The lowest BCUT2D eigenvalue weighted by molar-refractivity contribution is 0.401. The molecule has 1 saturated carbocycles. The van der Waals surface area contributed by atoms with E-state index in [1.807, 2.05) is 36.4 Å². The van der Waals surface area contributed by atoms with E-state index >= 15 is 0 Å². The molecule has 3 rings (SSSR count). The van der Waals surface area contributed by atoms with Crippen LogP contribution in [0.2, 0.25) is 0 Å². The summed E-state index contributed by atoms with van der Waals surface area (Å²) in [5.74, 6) is 1.60. The number of hydrogen-bond acceptors (Lipinski definition) is 2.